The molecule has 0 fully saturated rings. The molecule has 2 rings (SSSR count). The van der Waals surface area contributed by atoms with Crippen LogP contribution in [0.5, 0.6) is 5.75 Å². The monoisotopic (exact) mass is 283 g/mol. The summed E-state index contributed by atoms with van der Waals surface area (Å²) in [6.07, 6.45) is 0. The van der Waals surface area contributed by atoms with Crippen LogP contribution >= 0.6 is 0 Å². The van der Waals surface area contributed by atoms with Crippen molar-refractivity contribution in [1.29, 1.82) is 0 Å². The molecule has 0 amide bonds. The molecule has 0 saturated heterocycles. The van der Waals surface area contributed by atoms with Gasteiger partial charge in [0.2, 0.25) is 0 Å². The highest BCUT2D eigenvalue weighted by Crippen LogP contribution is 2.27. The van der Waals surface area contributed by atoms with E-state index >= 15 is 0 Å². The second-order valence-corrected chi connectivity index (χ2v) is 6.00. The van der Waals surface area contributed by atoms with Crippen molar-refractivity contribution in [2.45, 2.75) is 47.3 Å². The lowest BCUT2D eigenvalue weighted by Gasteiger charge is -2.17. The van der Waals surface area contributed by atoms with Gasteiger partial charge in [0.25, 0.3) is 0 Å². The zero-order valence-corrected chi connectivity index (χ0v) is 13.7. The molecule has 0 saturated carbocycles. The molecule has 0 aliphatic carbocycles. The van der Waals surface area contributed by atoms with Gasteiger partial charge in [-0.2, -0.15) is 0 Å². The number of benzene rings is 2. The first-order chi connectivity index (χ1) is 9.88. The quantitative estimate of drug-likeness (QED) is 0.895. The van der Waals surface area contributed by atoms with E-state index in [0.717, 1.165) is 11.3 Å². The number of hydrogen-bond acceptors (Lipinski definition) is 2. The Balaban J connectivity index is 2.26. The van der Waals surface area contributed by atoms with E-state index < -0.39 is 0 Å². The number of rotatable bonds is 4. The Morgan fingerprint density at radius 3 is 2.14 bits per heavy atom. The smallest absolute Gasteiger partial charge is 0.124 e. The lowest BCUT2D eigenvalue weighted by atomic mass is 10.0. The van der Waals surface area contributed by atoms with Crippen LogP contribution in [0.1, 0.15) is 46.3 Å². The van der Waals surface area contributed by atoms with Crippen molar-refractivity contribution in [1.82, 2.24) is 0 Å². The van der Waals surface area contributed by atoms with Crippen LogP contribution < -0.4 is 10.5 Å². The fourth-order valence-corrected chi connectivity index (χ4v) is 2.73. The molecule has 1 atom stereocenters. The van der Waals surface area contributed by atoms with Gasteiger partial charge in [-0.3, -0.25) is 0 Å². The number of nitrogens with two attached hydrogens (primary N) is 1. The summed E-state index contributed by atoms with van der Waals surface area (Å²) in [4.78, 5) is 0. The topological polar surface area (TPSA) is 35.2 Å². The predicted octanol–water partition coefficient (Wildman–Crippen LogP) is 4.52. The maximum atomic E-state index is 6.09. The van der Waals surface area contributed by atoms with Crippen LogP contribution in [0.15, 0.2) is 30.3 Å². The van der Waals surface area contributed by atoms with E-state index in [1.165, 1.54) is 27.8 Å². The molecule has 0 aliphatic heterocycles. The van der Waals surface area contributed by atoms with Crippen LogP contribution in [0.25, 0.3) is 0 Å². The van der Waals surface area contributed by atoms with E-state index in [9.17, 15) is 0 Å². The van der Waals surface area contributed by atoms with Crippen LogP contribution in [-0.4, -0.2) is 0 Å². The summed E-state index contributed by atoms with van der Waals surface area (Å²) >= 11 is 0. The molecule has 112 valence electrons. The number of ether oxygens (including phenoxy) is 1. The van der Waals surface area contributed by atoms with Gasteiger partial charge in [0.1, 0.15) is 12.4 Å². The minimum Gasteiger partial charge on any atom is -0.489 e. The highest BCUT2D eigenvalue weighted by Gasteiger charge is 2.10. The van der Waals surface area contributed by atoms with E-state index in [2.05, 4.69) is 58.0 Å². The largest absolute Gasteiger partial charge is 0.489 e. The molecular weight excluding hydrogens is 258 g/mol. The average molecular weight is 283 g/mol. The van der Waals surface area contributed by atoms with Crippen LogP contribution in [0.3, 0.4) is 0 Å². The Kier molecular flexibility index (Phi) is 4.69. The van der Waals surface area contributed by atoms with Gasteiger partial charge in [0.15, 0.2) is 0 Å². The molecule has 0 unspecified atom stereocenters. The second-order valence-electron chi connectivity index (χ2n) is 6.00. The lowest BCUT2D eigenvalue weighted by molar-refractivity contribution is 0.299. The zero-order chi connectivity index (χ0) is 15.6. The maximum Gasteiger partial charge on any atom is 0.124 e. The van der Waals surface area contributed by atoms with Gasteiger partial charge in [0.05, 0.1) is 0 Å². The average Bonchev–Trinajstić information content (AvgIpc) is 2.37. The third kappa shape index (κ3) is 3.64. The first-order valence-electron chi connectivity index (χ1n) is 7.44. The fourth-order valence-electron chi connectivity index (χ4n) is 2.73. The molecule has 0 bridgehead atoms. The Labute approximate surface area is 127 Å². The van der Waals surface area contributed by atoms with Crippen molar-refractivity contribution in [2.75, 3.05) is 0 Å². The van der Waals surface area contributed by atoms with E-state index in [-0.39, 0.29) is 6.04 Å². The summed E-state index contributed by atoms with van der Waals surface area (Å²) in [7, 11) is 0. The number of hydrogen-bond donors (Lipinski definition) is 1. The van der Waals surface area contributed by atoms with Crippen molar-refractivity contribution in [2.24, 2.45) is 5.73 Å². The summed E-state index contributed by atoms with van der Waals surface area (Å²) in [6, 6.07) is 10.6. The molecule has 0 aromatic heterocycles. The molecule has 21 heavy (non-hydrogen) atoms. The molecule has 2 aromatic rings. The van der Waals surface area contributed by atoms with Crippen LogP contribution in [0, 0.1) is 27.7 Å². The van der Waals surface area contributed by atoms with Gasteiger partial charge < -0.3 is 10.5 Å². The summed E-state index contributed by atoms with van der Waals surface area (Å²) in [5.74, 6) is 0.893. The lowest BCUT2D eigenvalue weighted by Crippen LogP contribution is -2.09. The normalized spacial score (nSPS) is 12.3. The SMILES string of the molecule is Cc1cc(C)c(COc2cc(C)ccc2[C@@H](C)N)c(C)c1. The van der Waals surface area contributed by atoms with Gasteiger partial charge in [0, 0.05) is 11.6 Å². The Bertz CT molecular complexity index is 621. The van der Waals surface area contributed by atoms with Crippen LogP contribution in [0.2, 0.25) is 0 Å². The molecule has 0 radical (unpaired) electrons. The molecule has 2 aromatic carbocycles. The van der Waals surface area contributed by atoms with Crippen molar-refractivity contribution < 1.29 is 4.74 Å². The van der Waals surface area contributed by atoms with E-state index in [4.69, 9.17) is 10.5 Å². The third-order valence-corrected chi connectivity index (χ3v) is 3.87. The predicted molar refractivity (Wildman–Crippen MR) is 88.8 cm³/mol. The minimum atomic E-state index is -0.0270. The van der Waals surface area contributed by atoms with Gasteiger partial charge >= 0.3 is 0 Å². The van der Waals surface area contributed by atoms with Crippen LogP contribution in [-0.2, 0) is 6.61 Å². The standard InChI is InChI=1S/C19H25NO/c1-12-6-7-17(16(5)20)19(10-12)21-11-18-14(3)8-13(2)9-15(18)4/h6-10,16H,11,20H2,1-5H3/t16-/m1/s1. The summed E-state index contributed by atoms with van der Waals surface area (Å²) < 4.78 is 6.09. The number of aryl methyl sites for hydroxylation is 4. The zero-order valence-electron chi connectivity index (χ0n) is 13.7. The molecule has 2 N–H and O–H groups in total. The van der Waals surface area contributed by atoms with Gasteiger partial charge in [-0.25, -0.2) is 0 Å². The molecule has 2 nitrogen and oxygen atoms in total. The third-order valence-electron chi connectivity index (χ3n) is 3.87. The molecular formula is C19H25NO. The highest BCUT2D eigenvalue weighted by molar-refractivity contribution is 5.41. The molecule has 2 heteroatoms. The summed E-state index contributed by atoms with van der Waals surface area (Å²) in [5.41, 5.74) is 13.4. The fraction of sp³-hybridized carbons (Fsp3) is 0.368. The van der Waals surface area contributed by atoms with Gasteiger partial charge in [-0.15, -0.1) is 0 Å². The van der Waals surface area contributed by atoms with E-state index in [0.29, 0.717) is 6.61 Å². The highest BCUT2D eigenvalue weighted by atomic mass is 16.5. The maximum absolute atomic E-state index is 6.09. The van der Waals surface area contributed by atoms with Crippen LogP contribution in [0.4, 0.5) is 0 Å². The van der Waals surface area contributed by atoms with Crippen molar-refractivity contribution >= 4 is 0 Å². The van der Waals surface area contributed by atoms with E-state index in [1.54, 1.807) is 0 Å². The first-order valence-corrected chi connectivity index (χ1v) is 7.44. The van der Waals surface area contributed by atoms with Gasteiger partial charge in [-0.05, 0) is 62.9 Å². The molecule has 0 aliphatic rings. The van der Waals surface area contributed by atoms with E-state index in [1.807, 2.05) is 6.92 Å². The molecule has 0 spiro atoms. The van der Waals surface area contributed by atoms with Crippen molar-refractivity contribution in [3.8, 4) is 5.75 Å². The Morgan fingerprint density at radius 2 is 1.57 bits per heavy atom. The molecule has 0 heterocycles. The summed E-state index contributed by atoms with van der Waals surface area (Å²) in [6.45, 7) is 11.0. The van der Waals surface area contributed by atoms with Crippen molar-refractivity contribution in [3.05, 3.63) is 63.7 Å². The Morgan fingerprint density at radius 1 is 0.952 bits per heavy atom. The van der Waals surface area contributed by atoms with Gasteiger partial charge in [-0.1, -0.05) is 29.8 Å². The first kappa shape index (κ1) is 15.6. The minimum absolute atomic E-state index is 0.0270. The van der Waals surface area contributed by atoms with Crippen molar-refractivity contribution in [3.63, 3.8) is 0 Å². The second kappa shape index (κ2) is 6.31. The summed E-state index contributed by atoms with van der Waals surface area (Å²) in [5, 5.41) is 0. The Hall–Kier alpha value is -1.80.